The minimum Gasteiger partial charge on any atom is -0.0591 e. The van der Waals surface area contributed by atoms with Crippen LogP contribution in [0.3, 0.4) is 0 Å². The van der Waals surface area contributed by atoms with E-state index in [1.54, 1.807) is 0 Å². The highest BCUT2D eigenvalue weighted by Crippen LogP contribution is 2.66. The van der Waals surface area contributed by atoms with Gasteiger partial charge in [0.2, 0.25) is 0 Å². The zero-order valence-electron chi connectivity index (χ0n) is 7.82. The van der Waals surface area contributed by atoms with Crippen LogP contribution in [0.25, 0.3) is 0 Å². The predicted octanol–water partition coefficient (Wildman–Crippen LogP) is 3.43. The van der Waals surface area contributed by atoms with Crippen molar-refractivity contribution in [3.05, 3.63) is 6.92 Å². The molecule has 63 valence electrons. The topological polar surface area (TPSA) is 0 Å². The van der Waals surface area contributed by atoms with E-state index in [1.165, 1.54) is 25.7 Å². The van der Waals surface area contributed by atoms with Crippen LogP contribution in [-0.2, 0) is 0 Å². The van der Waals surface area contributed by atoms with Crippen molar-refractivity contribution in [2.75, 3.05) is 0 Å². The fraction of sp³-hybridized carbons (Fsp3) is 0.909. The van der Waals surface area contributed by atoms with Gasteiger partial charge in [-0.1, -0.05) is 20.8 Å². The van der Waals surface area contributed by atoms with Crippen molar-refractivity contribution >= 4 is 0 Å². The molecule has 0 heteroatoms. The standard InChI is InChI=1S/C11H19/c1-4-11-7-5-9(6-8-11)10(11,2)3/h9H,1,4-8H2,2-3H3. The Morgan fingerprint density at radius 2 is 1.82 bits per heavy atom. The Kier molecular flexibility index (Phi) is 1.41. The first kappa shape index (κ1) is 7.64. The van der Waals surface area contributed by atoms with Crippen LogP contribution in [0.5, 0.6) is 0 Å². The average Bonchev–Trinajstić information content (AvgIpc) is 2.39. The lowest BCUT2D eigenvalue weighted by Crippen LogP contribution is -2.29. The van der Waals surface area contributed by atoms with Crippen molar-refractivity contribution in [1.82, 2.24) is 0 Å². The lowest BCUT2D eigenvalue weighted by atomic mass is 9.68. The van der Waals surface area contributed by atoms with Crippen molar-refractivity contribution in [2.45, 2.75) is 46.0 Å². The van der Waals surface area contributed by atoms with Crippen molar-refractivity contribution in [1.29, 1.82) is 0 Å². The lowest BCUT2D eigenvalue weighted by molar-refractivity contribution is 0.131. The first-order valence-electron chi connectivity index (χ1n) is 4.92. The molecule has 2 aliphatic rings. The molecule has 0 aromatic heterocycles. The molecule has 0 saturated heterocycles. The van der Waals surface area contributed by atoms with Gasteiger partial charge in [0.05, 0.1) is 0 Å². The molecule has 2 rings (SSSR count). The molecule has 0 aromatic rings. The van der Waals surface area contributed by atoms with Crippen LogP contribution in [0.2, 0.25) is 0 Å². The van der Waals surface area contributed by atoms with Crippen LogP contribution in [0.1, 0.15) is 46.0 Å². The van der Waals surface area contributed by atoms with Crippen LogP contribution in [0.4, 0.5) is 0 Å². The van der Waals surface area contributed by atoms with Crippen LogP contribution in [0.15, 0.2) is 0 Å². The molecule has 2 fully saturated rings. The highest BCUT2D eigenvalue weighted by atomic mass is 14.6. The van der Waals surface area contributed by atoms with E-state index >= 15 is 0 Å². The average molecular weight is 151 g/mol. The molecule has 0 atom stereocenters. The molecule has 2 bridgehead atoms. The Bertz CT molecular complexity index is 159. The molecule has 2 saturated carbocycles. The molecule has 0 nitrogen and oxygen atoms in total. The second kappa shape index (κ2) is 2.02. The smallest absolute Gasteiger partial charge is 0.0243 e. The Balaban J connectivity index is 2.34. The summed E-state index contributed by atoms with van der Waals surface area (Å²) in [5.41, 5.74) is 1.24. The van der Waals surface area contributed by atoms with E-state index in [2.05, 4.69) is 20.8 Å². The van der Waals surface area contributed by atoms with Gasteiger partial charge in [-0.3, -0.25) is 0 Å². The normalized spacial score (nSPS) is 46.6. The van der Waals surface area contributed by atoms with Crippen molar-refractivity contribution < 1.29 is 0 Å². The third-order valence-electron chi connectivity index (χ3n) is 4.81. The van der Waals surface area contributed by atoms with Crippen molar-refractivity contribution in [3.8, 4) is 0 Å². The molecule has 1 radical (unpaired) electrons. The molecule has 0 aromatic carbocycles. The molecular formula is C11H19. The van der Waals surface area contributed by atoms with Gasteiger partial charge in [0.15, 0.2) is 0 Å². The number of fused-ring (bicyclic) bond motifs is 2. The van der Waals surface area contributed by atoms with E-state index in [0.717, 1.165) is 12.3 Å². The van der Waals surface area contributed by atoms with Gasteiger partial charge in [-0.2, -0.15) is 0 Å². The number of hydrogen-bond acceptors (Lipinski definition) is 0. The lowest BCUT2D eigenvalue weighted by Gasteiger charge is -2.37. The van der Waals surface area contributed by atoms with Gasteiger partial charge in [0.1, 0.15) is 0 Å². The SMILES string of the molecule is [CH2]CC12CCC(CC1)C2(C)C. The zero-order valence-corrected chi connectivity index (χ0v) is 7.82. The summed E-state index contributed by atoms with van der Waals surface area (Å²) in [4.78, 5) is 0. The van der Waals surface area contributed by atoms with Crippen molar-refractivity contribution in [3.63, 3.8) is 0 Å². The Hall–Kier alpha value is 0. The van der Waals surface area contributed by atoms with E-state index in [9.17, 15) is 0 Å². The Morgan fingerprint density at radius 1 is 1.27 bits per heavy atom. The van der Waals surface area contributed by atoms with Crippen LogP contribution in [-0.4, -0.2) is 0 Å². The summed E-state index contributed by atoms with van der Waals surface area (Å²) in [5, 5.41) is 0. The van der Waals surface area contributed by atoms with Crippen LogP contribution < -0.4 is 0 Å². The molecule has 0 aliphatic heterocycles. The highest BCUT2D eigenvalue weighted by molar-refractivity contribution is 5.07. The maximum Gasteiger partial charge on any atom is -0.0243 e. The van der Waals surface area contributed by atoms with Gasteiger partial charge in [0.25, 0.3) is 0 Å². The summed E-state index contributed by atoms with van der Waals surface area (Å²) >= 11 is 0. The fourth-order valence-electron chi connectivity index (χ4n) is 3.54. The van der Waals surface area contributed by atoms with E-state index in [-0.39, 0.29) is 0 Å². The molecule has 0 unspecified atom stereocenters. The van der Waals surface area contributed by atoms with Gasteiger partial charge in [-0.25, -0.2) is 0 Å². The van der Waals surface area contributed by atoms with E-state index in [0.29, 0.717) is 10.8 Å². The van der Waals surface area contributed by atoms with E-state index in [4.69, 9.17) is 0 Å². The minimum atomic E-state index is 0.606. The molecule has 0 N–H and O–H groups in total. The van der Waals surface area contributed by atoms with Crippen LogP contribution in [0, 0.1) is 23.7 Å². The summed E-state index contributed by atoms with van der Waals surface area (Å²) in [6.07, 6.45) is 7.02. The predicted molar refractivity (Wildman–Crippen MR) is 48.1 cm³/mol. The maximum atomic E-state index is 4.13. The first-order valence-corrected chi connectivity index (χ1v) is 4.92. The van der Waals surface area contributed by atoms with Gasteiger partial charge < -0.3 is 0 Å². The fourth-order valence-corrected chi connectivity index (χ4v) is 3.54. The second-order valence-corrected chi connectivity index (χ2v) is 5.03. The summed E-state index contributed by atoms with van der Waals surface area (Å²) in [5.74, 6) is 1.02. The monoisotopic (exact) mass is 151 g/mol. The maximum absolute atomic E-state index is 4.13. The van der Waals surface area contributed by atoms with E-state index in [1.807, 2.05) is 0 Å². The first-order chi connectivity index (χ1) is 5.12. The Morgan fingerprint density at radius 3 is 2.00 bits per heavy atom. The third kappa shape index (κ3) is 0.711. The van der Waals surface area contributed by atoms with Gasteiger partial charge >= 0.3 is 0 Å². The summed E-state index contributed by atoms with van der Waals surface area (Å²) in [6.45, 7) is 9.06. The summed E-state index contributed by atoms with van der Waals surface area (Å²) in [7, 11) is 0. The van der Waals surface area contributed by atoms with Gasteiger partial charge in [-0.05, 0) is 48.9 Å². The van der Waals surface area contributed by atoms with Gasteiger partial charge in [-0.15, -0.1) is 0 Å². The summed E-state index contributed by atoms with van der Waals surface area (Å²) < 4.78 is 0. The highest BCUT2D eigenvalue weighted by Gasteiger charge is 2.57. The quantitative estimate of drug-likeness (QED) is 0.538. The third-order valence-corrected chi connectivity index (χ3v) is 4.81. The molecule has 0 amide bonds. The molecule has 0 heterocycles. The molecular weight excluding hydrogens is 132 g/mol. The molecule has 2 aliphatic carbocycles. The molecule has 0 spiro atoms. The zero-order chi connectivity index (χ0) is 8.11. The molecule has 11 heavy (non-hydrogen) atoms. The van der Waals surface area contributed by atoms with E-state index < -0.39 is 0 Å². The largest absolute Gasteiger partial charge is 0.0591 e. The number of rotatable bonds is 1. The van der Waals surface area contributed by atoms with Crippen LogP contribution >= 0.6 is 0 Å². The second-order valence-electron chi connectivity index (χ2n) is 5.03. The Labute approximate surface area is 70.4 Å². The van der Waals surface area contributed by atoms with Crippen molar-refractivity contribution in [2.24, 2.45) is 16.7 Å². The van der Waals surface area contributed by atoms with Gasteiger partial charge in [0, 0.05) is 0 Å². The minimum absolute atomic E-state index is 0.606. The summed E-state index contributed by atoms with van der Waals surface area (Å²) in [6, 6.07) is 0. The number of hydrogen-bond donors (Lipinski definition) is 0.